The van der Waals surface area contributed by atoms with E-state index in [1.54, 1.807) is 48.5 Å². The first-order chi connectivity index (χ1) is 13.4. The molecule has 0 bridgehead atoms. The molecule has 1 heterocycles. The van der Waals surface area contributed by atoms with E-state index in [4.69, 9.17) is 16.3 Å². The molecule has 1 atom stereocenters. The van der Waals surface area contributed by atoms with Crippen LogP contribution in [0.5, 0.6) is 5.75 Å². The highest BCUT2D eigenvalue weighted by molar-refractivity contribution is 7.91. The summed E-state index contributed by atoms with van der Waals surface area (Å²) in [4.78, 5) is 13.2. The predicted octanol–water partition coefficient (Wildman–Crippen LogP) is 4.36. The lowest BCUT2D eigenvalue weighted by atomic mass is 10.2. The van der Waals surface area contributed by atoms with Gasteiger partial charge in [-0.3, -0.25) is 4.79 Å². The molecule has 1 aromatic heterocycles. The Balaban J connectivity index is 1.85. The minimum absolute atomic E-state index is 0.0453. The van der Waals surface area contributed by atoms with Gasteiger partial charge in [-0.15, -0.1) is 11.3 Å². The van der Waals surface area contributed by atoms with Crippen LogP contribution in [0.2, 0.25) is 5.02 Å². The van der Waals surface area contributed by atoms with Gasteiger partial charge >= 0.3 is 0 Å². The maximum atomic E-state index is 13.2. The van der Waals surface area contributed by atoms with Crippen LogP contribution in [0, 0.1) is 0 Å². The van der Waals surface area contributed by atoms with Crippen molar-refractivity contribution < 1.29 is 17.9 Å². The standard InChI is InChI=1S/C20H18ClNO4S2/c1-26-16-8-10-17(11-9-16)28(24,25)19(18-3-2-12-27-18)13-22-20(23)14-4-6-15(21)7-5-14/h2-12,19H,13H2,1H3,(H,22,23). The van der Waals surface area contributed by atoms with E-state index in [1.807, 2.05) is 5.38 Å². The molecule has 0 fully saturated rings. The van der Waals surface area contributed by atoms with Crippen molar-refractivity contribution in [1.82, 2.24) is 5.32 Å². The van der Waals surface area contributed by atoms with Crippen LogP contribution < -0.4 is 10.1 Å². The van der Waals surface area contributed by atoms with E-state index in [9.17, 15) is 13.2 Å². The predicted molar refractivity (Wildman–Crippen MR) is 111 cm³/mol. The number of thiophene rings is 1. The van der Waals surface area contributed by atoms with Gasteiger partial charge in [0.25, 0.3) is 5.91 Å². The third-order valence-electron chi connectivity index (χ3n) is 4.18. The molecule has 0 aliphatic carbocycles. The van der Waals surface area contributed by atoms with Gasteiger partial charge < -0.3 is 10.1 Å². The lowest BCUT2D eigenvalue weighted by molar-refractivity contribution is 0.0954. The van der Waals surface area contributed by atoms with Crippen molar-refractivity contribution in [1.29, 1.82) is 0 Å². The van der Waals surface area contributed by atoms with E-state index in [0.29, 0.717) is 21.2 Å². The quantitative estimate of drug-likeness (QED) is 0.598. The molecule has 0 aliphatic rings. The number of benzene rings is 2. The van der Waals surface area contributed by atoms with Crippen LogP contribution in [0.1, 0.15) is 20.5 Å². The second-order valence-electron chi connectivity index (χ2n) is 5.94. The first kappa shape index (κ1) is 20.4. The van der Waals surface area contributed by atoms with Crippen molar-refractivity contribution in [3.05, 3.63) is 81.5 Å². The fourth-order valence-corrected chi connectivity index (χ4v) is 5.57. The average Bonchev–Trinajstić information content (AvgIpc) is 3.22. The van der Waals surface area contributed by atoms with Crippen LogP contribution in [-0.4, -0.2) is 28.0 Å². The zero-order chi connectivity index (χ0) is 20.1. The van der Waals surface area contributed by atoms with Crippen LogP contribution in [-0.2, 0) is 9.84 Å². The summed E-state index contributed by atoms with van der Waals surface area (Å²) in [6.45, 7) is -0.0453. The number of halogens is 1. The molecule has 0 saturated carbocycles. The summed E-state index contributed by atoms with van der Waals surface area (Å²) in [5, 5.41) is 4.17. The molecule has 5 nitrogen and oxygen atoms in total. The van der Waals surface area contributed by atoms with E-state index in [-0.39, 0.29) is 17.3 Å². The number of ether oxygens (including phenoxy) is 1. The Hall–Kier alpha value is -2.35. The van der Waals surface area contributed by atoms with E-state index in [1.165, 1.54) is 30.6 Å². The Morgan fingerprint density at radius 3 is 2.36 bits per heavy atom. The molecule has 28 heavy (non-hydrogen) atoms. The lowest BCUT2D eigenvalue weighted by Gasteiger charge is -2.18. The van der Waals surface area contributed by atoms with Gasteiger partial charge in [-0.25, -0.2) is 8.42 Å². The van der Waals surface area contributed by atoms with E-state index < -0.39 is 15.1 Å². The lowest BCUT2D eigenvalue weighted by Crippen LogP contribution is -2.31. The molecular formula is C20H18ClNO4S2. The molecule has 0 aliphatic heterocycles. The van der Waals surface area contributed by atoms with Crippen LogP contribution in [0.3, 0.4) is 0 Å². The fraction of sp³-hybridized carbons (Fsp3) is 0.150. The van der Waals surface area contributed by atoms with Crippen LogP contribution >= 0.6 is 22.9 Å². The highest BCUT2D eigenvalue weighted by atomic mass is 35.5. The van der Waals surface area contributed by atoms with Crippen LogP contribution in [0.15, 0.2) is 70.9 Å². The number of rotatable bonds is 7. The van der Waals surface area contributed by atoms with E-state index in [2.05, 4.69) is 5.32 Å². The van der Waals surface area contributed by atoms with Crippen molar-refractivity contribution in [2.75, 3.05) is 13.7 Å². The topological polar surface area (TPSA) is 72.5 Å². The third kappa shape index (κ3) is 4.55. The van der Waals surface area contributed by atoms with Gasteiger partial charge in [0.1, 0.15) is 11.0 Å². The monoisotopic (exact) mass is 435 g/mol. The molecule has 2 aromatic carbocycles. The van der Waals surface area contributed by atoms with Gasteiger partial charge in [-0.1, -0.05) is 17.7 Å². The Bertz CT molecular complexity index is 1030. The molecular weight excluding hydrogens is 418 g/mol. The molecule has 3 rings (SSSR count). The zero-order valence-electron chi connectivity index (χ0n) is 15.0. The Kier molecular flexibility index (Phi) is 6.39. The summed E-state index contributed by atoms with van der Waals surface area (Å²) in [5.74, 6) is 0.214. The van der Waals surface area contributed by atoms with Crippen molar-refractivity contribution in [3.8, 4) is 5.75 Å². The summed E-state index contributed by atoms with van der Waals surface area (Å²) >= 11 is 7.18. The molecule has 0 radical (unpaired) electrons. The Morgan fingerprint density at radius 1 is 1.11 bits per heavy atom. The normalized spacial score (nSPS) is 12.4. The largest absolute Gasteiger partial charge is 0.497 e. The Labute approximate surface area is 172 Å². The van der Waals surface area contributed by atoms with Crippen molar-refractivity contribution in [3.63, 3.8) is 0 Å². The third-order valence-corrected chi connectivity index (χ3v) is 7.66. The highest BCUT2D eigenvalue weighted by Crippen LogP contribution is 2.32. The number of carbonyl (C=O) groups excluding carboxylic acids is 1. The van der Waals surface area contributed by atoms with Gasteiger partial charge in [0.15, 0.2) is 9.84 Å². The molecule has 0 saturated heterocycles. The summed E-state index contributed by atoms with van der Waals surface area (Å²) in [7, 11) is -2.20. The molecule has 1 unspecified atom stereocenters. The smallest absolute Gasteiger partial charge is 0.251 e. The number of hydrogen-bond donors (Lipinski definition) is 1. The van der Waals surface area contributed by atoms with Gasteiger partial charge in [0.05, 0.1) is 12.0 Å². The van der Waals surface area contributed by atoms with Gasteiger partial charge in [0, 0.05) is 22.0 Å². The van der Waals surface area contributed by atoms with Crippen LogP contribution in [0.25, 0.3) is 0 Å². The fourth-order valence-electron chi connectivity index (χ4n) is 2.66. The number of hydrogen-bond acceptors (Lipinski definition) is 5. The Morgan fingerprint density at radius 2 is 1.79 bits per heavy atom. The summed E-state index contributed by atoms with van der Waals surface area (Å²) in [6.07, 6.45) is 0. The summed E-state index contributed by atoms with van der Waals surface area (Å²) < 4.78 is 31.5. The molecule has 1 N–H and O–H groups in total. The summed E-state index contributed by atoms with van der Waals surface area (Å²) in [5.41, 5.74) is 0.413. The SMILES string of the molecule is COc1ccc(S(=O)(=O)C(CNC(=O)c2ccc(Cl)cc2)c2cccs2)cc1. The van der Waals surface area contributed by atoms with Gasteiger partial charge in [-0.2, -0.15) is 0 Å². The van der Waals surface area contributed by atoms with Crippen molar-refractivity contribution in [2.45, 2.75) is 10.1 Å². The molecule has 1 amide bonds. The maximum Gasteiger partial charge on any atom is 0.251 e. The number of amides is 1. The molecule has 146 valence electrons. The second-order valence-corrected chi connectivity index (χ2v) is 9.49. The molecule has 8 heteroatoms. The number of nitrogens with one attached hydrogen (secondary N) is 1. The van der Waals surface area contributed by atoms with Gasteiger partial charge in [-0.05, 0) is 60.0 Å². The number of carbonyl (C=O) groups is 1. The first-order valence-electron chi connectivity index (χ1n) is 8.37. The summed E-state index contributed by atoms with van der Waals surface area (Å²) in [6, 6.07) is 16.2. The highest BCUT2D eigenvalue weighted by Gasteiger charge is 2.30. The van der Waals surface area contributed by atoms with E-state index in [0.717, 1.165) is 0 Å². The first-order valence-corrected chi connectivity index (χ1v) is 11.2. The molecule has 0 spiro atoms. The minimum atomic E-state index is -3.71. The van der Waals surface area contributed by atoms with Gasteiger partial charge in [0.2, 0.25) is 0 Å². The van der Waals surface area contributed by atoms with Crippen molar-refractivity contribution >= 4 is 38.7 Å². The number of sulfone groups is 1. The average molecular weight is 436 g/mol. The molecule has 3 aromatic rings. The van der Waals surface area contributed by atoms with E-state index >= 15 is 0 Å². The minimum Gasteiger partial charge on any atom is -0.497 e. The maximum absolute atomic E-state index is 13.2. The van der Waals surface area contributed by atoms with Crippen molar-refractivity contribution in [2.24, 2.45) is 0 Å². The zero-order valence-corrected chi connectivity index (χ0v) is 17.4. The number of methoxy groups -OCH3 is 1. The van der Waals surface area contributed by atoms with Crippen LogP contribution in [0.4, 0.5) is 0 Å². The second kappa shape index (κ2) is 8.77.